The lowest BCUT2D eigenvalue weighted by Gasteiger charge is -2.23. The predicted octanol–water partition coefficient (Wildman–Crippen LogP) is -0.440. The van der Waals surface area contributed by atoms with E-state index in [4.69, 9.17) is 0 Å². The number of carbonyl (C=O) groups excluding carboxylic acids is 1. The van der Waals surface area contributed by atoms with Crippen LogP contribution in [0.15, 0.2) is 0 Å². The molecule has 2 N–H and O–H groups in total. The molecule has 0 bridgehead atoms. The highest BCUT2D eigenvalue weighted by molar-refractivity contribution is 5.82. The second kappa shape index (κ2) is 4.75. The number of rotatable bonds is 1. The van der Waals surface area contributed by atoms with E-state index in [-0.39, 0.29) is 6.04 Å². The molecule has 1 unspecified atom stereocenters. The van der Waals surface area contributed by atoms with Crippen molar-refractivity contribution in [3.8, 4) is 0 Å². The third-order valence-corrected chi connectivity index (χ3v) is 3.01. The quantitative estimate of drug-likeness (QED) is 0.599. The Bertz CT molecular complexity index is 194. The van der Waals surface area contributed by atoms with Crippen molar-refractivity contribution in [2.75, 3.05) is 32.7 Å². The summed E-state index contributed by atoms with van der Waals surface area (Å²) < 4.78 is 0. The van der Waals surface area contributed by atoms with Crippen molar-refractivity contribution in [1.29, 1.82) is 0 Å². The monoisotopic (exact) mass is 197 g/mol. The summed E-state index contributed by atoms with van der Waals surface area (Å²) in [5.74, 6) is 0.311. The first kappa shape index (κ1) is 9.93. The number of hydrogen-bond donors (Lipinski definition) is 2. The topological polar surface area (TPSA) is 44.4 Å². The summed E-state index contributed by atoms with van der Waals surface area (Å²) in [6.07, 6.45) is 3.24. The van der Waals surface area contributed by atoms with Crippen molar-refractivity contribution in [3.05, 3.63) is 0 Å². The highest BCUT2D eigenvalue weighted by Gasteiger charge is 2.26. The van der Waals surface area contributed by atoms with Crippen LogP contribution in [0.3, 0.4) is 0 Å². The lowest BCUT2D eigenvalue weighted by Crippen LogP contribution is -2.44. The first-order valence-corrected chi connectivity index (χ1v) is 5.61. The van der Waals surface area contributed by atoms with Crippen molar-refractivity contribution >= 4 is 5.91 Å². The Labute approximate surface area is 85.0 Å². The molecule has 80 valence electrons. The van der Waals surface area contributed by atoms with Gasteiger partial charge in [0.05, 0.1) is 6.04 Å². The van der Waals surface area contributed by atoms with Gasteiger partial charge >= 0.3 is 0 Å². The van der Waals surface area contributed by atoms with Crippen molar-refractivity contribution < 1.29 is 4.79 Å². The van der Waals surface area contributed by atoms with Gasteiger partial charge in [0.15, 0.2) is 0 Å². The second-order valence-electron chi connectivity index (χ2n) is 4.08. The van der Waals surface area contributed by atoms with Gasteiger partial charge in [0.2, 0.25) is 5.91 Å². The van der Waals surface area contributed by atoms with Crippen LogP contribution in [-0.2, 0) is 4.79 Å². The number of amides is 1. The average molecular weight is 197 g/mol. The maximum atomic E-state index is 12.0. The summed E-state index contributed by atoms with van der Waals surface area (Å²) in [4.78, 5) is 14.0. The number of nitrogens with one attached hydrogen (secondary N) is 2. The van der Waals surface area contributed by atoms with Gasteiger partial charge in [0, 0.05) is 19.6 Å². The number of nitrogens with zero attached hydrogens (tertiary/aromatic N) is 1. The van der Waals surface area contributed by atoms with Gasteiger partial charge < -0.3 is 15.5 Å². The molecule has 4 heteroatoms. The predicted molar refractivity (Wildman–Crippen MR) is 55.1 cm³/mol. The van der Waals surface area contributed by atoms with Crippen LogP contribution in [0, 0.1) is 0 Å². The minimum atomic E-state index is 0.105. The summed E-state index contributed by atoms with van der Waals surface area (Å²) >= 11 is 0. The fourth-order valence-corrected chi connectivity index (χ4v) is 2.18. The zero-order valence-corrected chi connectivity index (χ0v) is 8.59. The van der Waals surface area contributed by atoms with E-state index in [0.29, 0.717) is 5.91 Å². The van der Waals surface area contributed by atoms with Gasteiger partial charge in [-0.05, 0) is 32.4 Å². The molecule has 2 aliphatic rings. The van der Waals surface area contributed by atoms with Crippen molar-refractivity contribution in [1.82, 2.24) is 15.5 Å². The summed E-state index contributed by atoms with van der Waals surface area (Å²) in [6, 6.07) is 0.105. The Balaban J connectivity index is 1.88. The smallest absolute Gasteiger partial charge is 0.239 e. The van der Waals surface area contributed by atoms with Crippen LogP contribution in [0.2, 0.25) is 0 Å². The van der Waals surface area contributed by atoms with Crippen LogP contribution in [0.4, 0.5) is 0 Å². The van der Waals surface area contributed by atoms with Crippen LogP contribution < -0.4 is 10.6 Å². The van der Waals surface area contributed by atoms with Crippen molar-refractivity contribution in [3.63, 3.8) is 0 Å². The zero-order valence-electron chi connectivity index (χ0n) is 8.59. The standard InChI is InChI=1S/C10H19N3O/c14-10(9-3-1-5-12-9)13-7-2-4-11-6-8-13/h9,11-12H,1-8H2. The van der Waals surface area contributed by atoms with Crippen LogP contribution in [0.5, 0.6) is 0 Å². The summed E-state index contributed by atoms with van der Waals surface area (Å²) in [5, 5.41) is 6.57. The Morgan fingerprint density at radius 2 is 2.07 bits per heavy atom. The SMILES string of the molecule is O=C(C1CCCN1)N1CCCNCC1. The largest absolute Gasteiger partial charge is 0.340 e. The third-order valence-electron chi connectivity index (χ3n) is 3.01. The molecule has 2 aliphatic heterocycles. The molecule has 14 heavy (non-hydrogen) atoms. The Kier molecular flexibility index (Phi) is 3.37. The van der Waals surface area contributed by atoms with E-state index in [1.807, 2.05) is 4.90 Å². The molecule has 0 aromatic carbocycles. The van der Waals surface area contributed by atoms with Gasteiger partial charge in [-0.2, -0.15) is 0 Å². The lowest BCUT2D eigenvalue weighted by atomic mass is 10.2. The van der Waals surface area contributed by atoms with Gasteiger partial charge in [-0.25, -0.2) is 0 Å². The van der Waals surface area contributed by atoms with Crippen LogP contribution >= 0.6 is 0 Å². The molecule has 0 spiro atoms. The first-order valence-electron chi connectivity index (χ1n) is 5.61. The van der Waals surface area contributed by atoms with Crippen LogP contribution in [0.1, 0.15) is 19.3 Å². The molecule has 0 radical (unpaired) electrons. The molecular weight excluding hydrogens is 178 g/mol. The third kappa shape index (κ3) is 2.25. The van der Waals surface area contributed by atoms with E-state index in [2.05, 4.69) is 10.6 Å². The lowest BCUT2D eigenvalue weighted by molar-refractivity contribution is -0.132. The molecular formula is C10H19N3O. The maximum Gasteiger partial charge on any atom is 0.239 e. The minimum Gasteiger partial charge on any atom is -0.340 e. The van der Waals surface area contributed by atoms with E-state index in [1.54, 1.807) is 0 Å². The fourth-order valence-electron chi connectivity index (χ4n) is 2.18. The number of hydrogen-bond acceptors (Lipinski definition) is 3. The highest BCUT2D eigenvalue weighted by Crippen LogP contribution is 2.09. The Morgan fingerprint density at radius 3 is 2.86 bits per heavy atom. The molecule has 2 saturated heterocycles. The van der Waals surface area contributed by atoms with Gasteiger partial charge in [0.1, 0.15) is 0 Å². The molecule has 1 atom stereocenters. The van der Waals surface area contributed by atoms with Crippen LogP contribution in [0.25, 0.3) is 0 Å². The number of carbonyl (C=O) groups is 1. The average Bonchev–Trinajstić information content (AvgIpc) is 2.59. The van der Waals surface area contributed by atoms with Crippen molar-refractivity contribution in [2.45, 2.75) is 25.3 Å². The Morgan fingerprint density at radius 1 is 1.14 bits per heavy atom. The van der Waals surface area contributed by atoms with E-state index in [1.165, 1.54) is 0 Å². The second-order valence-corrected chi connectivity index (χ2v) is 4.08. The zero-order chi connectivity index (χ0) is 9.80. The maximum absolute atomic E-state index is 12.0. The van der Waals surface area contributed by atoms with Gasteiger partial charge in [-0.1, -0.05) is 0 Å². The van der Waals surface area contributed by atoms with Crippen LogP contribution in [-0.4, -0.2) is 49.6 Å². The van der Waals surface area contributed by atoms with E-state index in [0.717, 1.165) is 52.0 Å². The molecule has 0 saturated carbocycles. The molecule has 2 rings (SSSR count). The summed E-state index contributed by atoms with van der Waals surface area (Å²) in [6.45, 7) is 4.78. The van der Waals surface area contributed by atoms with Gasteiger partial charge in [-0.3, -0.25) is 4.79 Å². The summed E-state index contributed by atoms with van der Waals surface area (Å²) in [5.41, 5.74) is 0. The highest BCUT2D eigenvalue weighted by atomic mass is 16.2. The van der Waals surface area contributed by atoms with Gasteiger partial charge in [0.25, 0.3) is 0 Å². The molecule has 2 fully saturated rings. The fraction of sp³-hybridized carbons (Fsp3) is 0.900. The molecule has 0 aliphatic carbocycles. The molecule has 4 nitrogen and oxygen atoms in total. The van der Waals surface area contributed by atoms with E-state index in [9.17, 15) is 4.79 Å². The van der Waals surface area contributed by atoms with Crippen molar-refractivity contribution in [2.24, 2.45) is 0 Å². The van der Waals surface area contributed by atoms with E-state index >= 15 is 0 Å². The molecule has 0 aromatic rings. The normalized spacial score (nSPS) is 28.9. The summed E-state index contributed by atoms with van der Waals surface area (Å²) in [7, 11) is 0. The van der Waals surface area contributed by atoms with Gasteiger partial charge in [-0.15, -0.1) is 0 Å². The molecule has 2 heterocycles. The Hall–Kier alpha value is -0.610. The van der Waals surface area contributed by atoms with E-state index < -0.39 is 0 Å². The molecule has 1 amide bonds. The minimum absolute atomic E-state index is 0.105. The molecule has 0 aromatic heterocycles. The first-order chi connectivity index (χ1) is 6.88.